The van der Waals surface area contributed by atoms with Crippen LogP contribution in [0.2, 0.25) is 0 Å². The Hall–Kier alpha value is -2.48. The number of piperidine rings is 1. The van der Waals surface area contributed by atoms with Gasteiger partial charge in [0.25, 0.3) is 0 Å². The highest BCUT2D eigenvalue weighted by Crippen LogP contribution is 2.25. The van der Waals surface area contributed by atoms with Crippen LogP contribution in [-0.2, 0) is 11.2 Å². The standard InChI is InChI=1S/C20H27N5O2S/c1-14(15-7-5-4-6-8-15)13-17-22-23-19(28-17)21-18(26)16-9-11-25(12-10-16)20(27)24(2)3/h4-8,14,16H,9-13H2,1-3H3,(H,21,23,26)/t14-/m1/s1. The van der Waals surface area contributed by atoms with Crippen LogP contribution in [-0.4, -0.2) is 59.1 Å². The first kappa shape index (κ1) is 20.3. The van der Waals surface area contributed by atoms with Crippen molar-refractivity contribution < 1.29 is 9.59 Å². The summed E-state index contributed by atoms with van der Waals surface area (Å²) in [5, 5.41) is 12.7. The lowest BCUT2D eigenvalue weighted by atomic mass is 9.96. The fraction of sp³-hybridized carbons (Fsp3) is 0.500. The van der Waals surface area contributed by atoms with Crippen molar-refractivity contribution in [2.75, 3.05) is 32.5 Å². The van der Waals surface area contributed by atoms with Gasteiger partial charge < -0.3 is 15.1 Å². The molecule has 2 heterocycles. The summed E-state index contributed by atoms with van der Waals surface area (Å²) < 4.78 is 0. The topological polar surface area (TPSA) is 78.4 Å². The van der Waals surface area contributed by atoms with Crippen molar-refractivity contribution in [3.8, 4) is 0 Å². The van der Waals surface area contributed by atoms with Gasteiger partial charge in [-0.15, -0.1) is 10.2 Å². The average molecular weight is 402 g/mol. The van der Waals surface area contributed by atoms with Crippen molar-refractivity contribution in [3.05, 3.63) is 40.9 Å². The summed E-state index contributed by atoms with van der Waals surface area (Å²) >= 11 is 1.43. The second-order valence-electron chi connectivity index (χ2n) is 7.44. The van der Waals surface area contributed by atoms with Crippen molar-refractivity contribution in [1.29, 1.82) is 0 Å². The largest absolute Gasteiger partial charge is 0.331 e. The van der Waals surface area contributed by atoms with Gasteiger partial charge in [-0.3, -0.25) is 4.79 Å². The first-order chi connectivity index (χ1) is 13.4. The van der Waals surface area contributed by atoms with Gasteiger partial charge in [0, 0.05) is 39.5 Å². The summed E-state index contributed by atoms with van der Waals surface area (Å²) in [4.78, 5) is 27.9. The molecule has 28 heavy (non-hydrogen) atoms. The van der Waals surface area contributed by atoms with E-state index in [1.807, 2.05) is 18.2 Å². The van der Waals surface area contributed by atoms with E-state index in [2.05, 4.69) is 34.6 Å². The van der Waals surface area contributed by atoms with E-state index in [1.54, 1.807) is 23.9 Å². The number of aromatic nitrogens is 2. The normalized spacial score (nSPS) is 15.9. The quantitative estimate of drug-likeness (QED) is 0.834. The fourth-order valence-electron chi connectivity index (χ4n) is 3.37. The van der Waals surface area contributed by atoms with E-state index < -0.39 is 0 Å². The van der Waals surface area contributed by atoms with E-state index >= 15 is 0 Å². The Bertz CT molecular complexity index is 800. The Morgan fingerprint density at radius 1 is 1.21 bits per heavy atom. The molecule has 1 saturated heterocycles. The van der Waals surface area contributed by atoms with Crippen LogP contribution in [0.4, 0.5) is 9.93 Å². The minimum Gasteiger partial charge on any atom is -0.331 e. The van der Waals surface area contributed by atoms with Crippen LogP contribution >= 0.6 is 11.3 Å². The summed E-state index contributed by atoms with van der Waals surface area (Å²) in [5.41, 5.74) is 1.27. The highest BCUT2D eigenvalue weighted by atomic mass is 32.1. The number of carbonyl (C=O) groups is 2. The zero-order valence-corrected chi connectivity index (χ0v) is 17.4. The summed E-state index contributed by atoms with van der Waals surface area (Å²) in [7, 11) is 3.49. The Morgan fingerprint density at radius 2 is 1.89 bits per heavy atom. The molecule has 0 spiro atoms. The van der Waals surface area contributed by atoms with Crippen molar-refractivity contribution in [2.24, 2.45) is 5.92 Å². The summed E-state index contributed by atoms with van der Waals surface area (Å²) in [5.74, 6) is 0.217. The number of nitrogens with one attached hydrogen (secondary N) is 1. The second kappa shape index (κ2) is 9.14. The molecule has 0 aliphatic carbocycles. The van der Waals surface area contributed by atoms with Crippen LogP contribution in [0.25, 0.3) is 0 Å². The van der Waals surface area contributed by atoms with Crippen LogP contribution in [0, 0.1) is 5.92 Å². The Kier molecular flexibility index (Phi) is 6.61. The molecule has 1 aromatic heterocycles. The van der Waals surface area contributed by atoms with Crippen molar-refractivity contribution in [2.45, 2.75) is 32.1 Å². The van der Waals surface area contributed by atoms with Crippen LogP contribution < -0.4 is 5.32 Å². The summed E-state index contributed by atoms with van der Waals surface area (Å²) in [6.45, 7) is 3.37. The highest BCUT2D eigenvalue weighted by molar-refractivity contribution is 7.15. The molecular weight excluding hydrogens is 374 g/mol. The minimum absolute atomic E-state index is 0.000148. The lowest BCUT2D eigenvalue weighted by Crippen LogP contribution is -2.45. The number of amides is 3. The summed E-state index contributed by atoms with van der Waals surface area (Å²) in [6.07, 6.45) is 2.13. The fourth-order valence-corrected chi connectivity index (χ4v) is 4.24. The van der Waals surface area contributed by atoms with Gasteiger partial charge in [0.05, 0.1) is 0 Å². The maximum atomic E-state index is 12.5. The molecule has 1 fully saturated rings. The van der Waals surface area contributed by atoms with E-state index in [0.717, 1.165) is 11.4 Å². The van der Waals surface area contributed by atoms with Gasteiger partial charge in [-0.05, 0) is 24.3 Å². The molecule has 1 N–H and O–H groups in total. The predicted molar refractivity (Wildman–Crippen MR) is 110 cm³/mol. The number of hydrogen-bond acceptors (Lipinski definition) is 5. The van der Waals surface area contributed by atoms with Gasteiger partial charge in [0.15, 0.2) is 0 Å². The van der Waals surface area contributed by atoms with Gasteiger partial charge in [0.2, 0.25) is 11.0 Å². The maximum absolute atomic E-state index is 12.5. The Morgan fingerprint density at radius 3 is 2.54 bits per heavy atom. The van der Waals surface area contributed by atoms with Gasteiger partial charge >= 0.3 is 6.03 Å². The SMILES string of the molecule is C[C@H](Cc1nnc(NC(=O)C2CCN(C(=O)N(C)C)CC2)s1)c1ccccc1. The van der Waals surface area contributed by atoms with E-state index in [0.29, 0.717) is 37.0 Å². The predicted octanol–water partition coefficient (Wildman–Crippen LogP) is 3.22. The molecule has 1 aliphatic rings. The minimum atomic E-state index is -0.0956. The number of carbonyl (C=O) groups excluding carboxylic acids is 2. The molecule has 0 unspecified atom stereocenters. The van der Waals surface area contributed by atoms with E-state index in [1.165, 1.54) is 16.9 Å². The third-order valence-corrected chi connectivity index (χ3v) is 5.93. The number of anilines is 1. The molecule has 1 atom stereocenters. The van der Waals surface area contributed by atoms with Crippen molar-refractivity contribution in [1.82, 2.24) is 20.0 Å². The van der Waals surface area contributed by atoms with Crippen LogP contribution in [0.3, 0.4) is 0 Å². The smallest absolute Gasteiger partial charge is 0.319 e. The maximum Gasteiger partial charge on any atom is 0.319 e. The lowest BCUT2D eigenvalue weighted by Gasteiger charge is -2.32. The molecular formula is C20H27N5O2S. The van der Waals surface area contributed by atoms with Crippen LogP contribution in [0.15, 0.2) is 30.3 Å². The van der Waals surface area contributed by atoms with E-state index in [4.69, 9.17) is 0 Å². The van der Waals surface area contributed by atoms with Gasteiger partial charge in [-0.1, -0.05) is 48.6 Å². The molecule has 3 amide bonds. The molecule has 0 radical (unpaired) electrons. The Labute approximate surface area is 169 Å². The lowest BCUT2D eigenvalue weighted by molar-refractivity contribution is -0.121. The first-order valence-corrected chi connectivity index (χ1v) is 10.4. The molecule has 1 aliphatic heterocycles. The number of likely N-dealkylation sites (tertiary alicyclic amines) is 1. The molecule has 2 aromatic rings. The van der Waals surface area contributed by atoms with Crippen LogP contribution in [0.1, 0.15) is 36.3 Å². The number of rotatable bonds is 5. The monoisotopic (exact) mass is 401 g/mol. The molecule has 150 valence electrons. The highest BCUT2D eigenvalue weighted by Gasteiger charge is 2.28. The van der Waals surface area contributed by atoms with E-state index in [-0.39, 0.29) is 17.9 Å². The van der Waals surface area contributed by atoms with Crippen LogP contribution in [0.5, 0.6) is 0 Å². The van der Waals surface area contributed by atoms with Crippen molar-refractivity contribution >= 4 is 28.4 Å². The number of benzene rings is 1. The number of urea groups is 1. The Balaban J connectivity index is 1.50. The van der Waals surface area contributed by atoms with Gasteiger partial charge in [-0.2, -0.15) is 0 Å². The molecule has 1 aromatic carbocycles. The first-order valence-electron chi connectivity index (χ1n) is 9.58. The summed E-state index contributed by atoms with van der Waals surface area (Å²) in [6, 6.07) is 10.3. The molecule has 0 bridgehead atoms. The molecule has 8 heteroatoms. The van der Waals surface area contributed by atoms with Gasteiger partial charge in [0.1, 0.15) is 5.01 Å². The molecule has 3 rings (SSSR count). The van der Waals surface area contributed by atoms with Crippen molar-refractivity contribution in [3.63, 3.8) is 0 Å². The number of nitrogens with zero attached hydrogens (tertiary/aromatic N) is 4. The zero-order valence-electron chi connectivity index (χ0n) is 16.6. The molecule has 7 nitrogen and oxygen atoms in total. The molecule has 0 saturated carbocycles. The third-order valence-electron chi connectivity index (χ3n) is 5.07. The van der Waals surface area contributed by atoms with E-state index in [9.17, 15) is 9.59 Å². The average Bonchev–Trinajstić information content (AvgIpc) is 3.14. The third kappa shape index (κ3) is 5.07. The van der Waals surface area contributed by atoms with Gasteiger partial charge in [-0.25, -0.2) is 4.79 Å². The zero-order chi connectivity index (χ0) is 20.1. The second-order valence-corrected chi connectivity index (χ2v) is 8.51. The number of hydrogen-bond donors (Lipinski definition) is 1.